The SMILES string of the molecule is CC(C)c1cccc(Oc2ccc(NC(=O)[C@@H](C)CC(=O)OC(C)(C)C)cn2)c1. The van der Waals surface area contributed by atoms with E-state index >= 15 is 0 Å². The van der Waals surface area contributed by atoms with Crippen LogP contribution in [0.15, 0.2) is 42.6 Å². The molecule has 1 N–H and O–H groups in total. The lowest BCUT2D eigenvalue weighted by atomic mass is 10.0. The van der Waals surface area contributed by atoms with Gasteiger partial charge in [0.25, 0.3) is 0 Å². The third-order valence-electron chi connectivity index (χ3n) is 4.09. The van der Waals surface area contributed by atoms with Crippen LogP contribution in [0, 0.1) is 5.92 Å². The molecule has 0 aliphatic rings. The van der Waals surface area contributed by atoms with Crippen LogP contribution in [-0.2, 0) is 14.3 Å². The van der Waals surface area contributed by atoms with Crippen LogP contribution in [0.5, 0.6) is 11.6 Å². The molecule has 0 radical (unpaired) electrons. The van der Waals surface area contributed by atoms with Crippen molar-refractivity contribution < 1.29 is 19.1 Å². The third kappa shape index (κ3) is 7.56. The second-order valence-corrected chi connectivity index (χ2v) is 8.40. The first-order chi connectivity index (χ1) is 13.5. The Bertz CT molecular complexity index is 839. The Hall–Kier alpha value is -2.89. The van der Waals surface area contributed by atoms with Crippen molar-refractivity contribution in [3.8, 4) is 11.6 Å². The van der Waals surface area contributed by atoms with E-state index in [-0.39, 0.29) is 12.3 Å². The van der Waals surface area contributed by atoms with Gasteiger partial charge in [-0.25, -0.2) is 4.98 Å². The van der Waals surface area contributed by atoms with Crippen LogP contribution in [0.25, 0.3) is 0 Å². The fourth-order valence-corrected chi connectivity index (χ4v) is 2.56. The van der Waals surface area contributed by atoms with E-state index in [0.717, 1.165) is 0 Å². The predicted molar refractivity (Wildman–Crippen MR) is 113 cm³/mol. The van der Waals surface area contributed by atoms with Gasteiger partial charge in [-0.15, -0.1) is 0 Å². The van der Waals surface area contributed by atoms with Gasteiger partial charge < -0.3 is 14.8 Å². The maximum absolute atomic E-state index is 12.3. The normalized spacial score (nSPS) is 12.4. The Labute approximate surface area is 172 Å². The Morgan fingerprint density at radius 1 is 1.10 bits per heavy atom. The molecule has 1 aromatic heterocycles. The minimum Gasteiger partial charge on any atom is -0.460 e. The molecule has 0 saturated heterocycles. The summed E-state index contributed by atoms with van der Waals surface area (Å²) in [5.74, 6) is 0.380. The van der Waals surface area contributed by atoms with Gasteiger partial charge in [0.05, 0.1) is 18.3 Å². The summed E-state index contributed by atoms with van der Waals surface area (Å²) in [6.45, 7) is 11.3. The summed E-state index contributed by atoms with van der Waals surface area (Å²) in [7, 11) is 0. The Kier molecular flexibility index (Phi) is 7.37. The van der Waals surface area contributed by atoms with Gasteiger partial charge in [-0.3, -0.25) is 9.59 Å². The molecular weight excluding hydrogens is 368 g/mol. The predicted octanol–water partition coefficient (Wildman–Crippen LogP) is 5.30. The van der Waals surface area contributed by atoms with Crippen LogP contribution >= 0.6 is 0 Å². The van der Waals surface area contributed by atoms with Gasteiger partial charge >= 0.3 is 5.97 Å². The van der Waals surface area contributed by atoms with Gasteiger partial charge in [-0.05, 0) is 50.5 Å². The number of anilines is 1. The number of amides is 1. The van der Waals surface area contributed by atoms with Crippen molar-refractivity contribution in [2.24, 2.45) is 5.92 Å². The summed E-state index contributed by atoms with van der Waals surface area (Å²) in [5, 5.41) is 2.76. The first-order valence-corrected chi connectivity index (χ1v) is 9.80. The molecule has 0 aliphatic heterocycles. The number of aromatic nitrogens is 1. The van der Waals surface area contributed by atoms with E-state index in [4.69, 9.17) is 9.47 Å². The first-order valence-electron chi connectivity index (χ1n) is 9.80. The summed E-state index contributed by atoms with van der Waals surface area (Å²) < 4.78 is 11.0. The molecule has 1 amide bonds. The summed E-state index contributed by atoms with van der Waals surface area (Å²) in [6, 6.07) is 11.3. The molecule has 1 heterocycles. The summed E-state index contributed by atoms with van der Waals surface area (Å²) >= 11 is 0. The van der Waals surface area contributed by atoms with Crippen molar-refractivity contribution >= 4 is 17.6 Å². The smallest absolute Gasteiger partial charge is 0.307 e. The highest BCUT2D eigenvalue weighted by atomic mass is 16.6. The molecule has 1 aromatic carbocycles. The number of nitrogens with one attached hydrogen (secondary N) is 1. The number of nitrogens with zero attached hydrogens (tertiary/aromatic N) is 1. The van der Waals surface area contributed by atoms with Gasteiger partial charge in [-0.2, -0.15) is 0 Å². The Morgan fingerprint density at radius 2 is 1.83 bits per heavy atom. The van der Waals surface area contributed by atoms with Crippen molar-refractivity contribution in [2.45, 2.75) is 59.5 Å². The van der Waals surface area contributed by atoms with Crippen molar-refractivity contribution in [2.75, 3.05) is 5.32 Å². The van der Waals surface area contributed by atoms with Gasteiger partial charge in [0.15, 0.2) is 0 Å². The molecule has 2 rings (SSSR count). The lowest BCUT2D eigenvalue weighted by Gasteiger charge is -2.20. The van der Waals surface area contributed by atoms with Crippen molar-refractivity contribution in [3.05, 3.63) is 48.2 Å². The van der Waals surface area contributed by atoms with E-state index in [1.54, 1.807) is 39.8 Å². The van der Waals surface area contributed by atoms with Gasteiger partial charge in [0.2, 0.25) is 11.8 Å². The molecule has 6 nitrogen and oxygen atoms in total. The zero-order valence-electron chi connectivity index (χ0n) is 18.0. The van der Waals surface area contributed by atoms with Gasteiger partial charge in [-0.1, -0.05) is 32.9 Å². The second-order valence-electron chi connectivity index (χ2n) is 8.40. The van der Waals surface area contributed by atoms with Crippen LogP contribution in [0.1, 0.15) is 59.4 Å². The zero-order valence-corrected chi connectivity index (χ0v) is 18.0. The molecule has 6 heteroatoms. The maximum atomic E-state index is 12.3. The molecular formula is C23H30N2O4. The molecule has 1 atom stereocenters. The quantitative estimate of drug-likeness (QED) is 0.640. The fraction of sp³-hybridized carbons (Fsp3) is 0.435. The number of esters is 1. The molecule has 0 bridgehead atoms. The summed E-state index contributed by atoms with van der Waals surface area (Å²) in [6.07, 6.45) is 1.55. The highest BCUT2D eigenvalue weighted by Crippen LogP contribution is 2.25. The van der Waals surface area contributed by atoms with Gasteiger partial charge in [0.1, 0.15) is 11.4 Å². The standard InChI is InChI=1S/C23H30N2O4/c1-15(2)17-8-7-9-19(13-17)28-20-11-10-18(14-24-20)25-22(27)16(3)12-21(26)29-23(4,5)6/h7-11,13-16H,12H2,1-6H3,(H,25,27)/t16-/m0/s1. The van der Waals surface area contributed by atoms with E-state index in [0.29, 0.717) is 23.2 Å². The molecule has 2 aromatic rings. The van der Waals surface area contributed by atoms with Crippen molar-refractivity contribution in [1.29, 1.82) is 0 Å². The van der Waals surface area contributed by atoms with Crippen LogP contribution in [0.4, 0.5) is 5.69 Å². The lowest BCUT2D eigenvalue weighted by Crippen LogP contribution is -2.28. The monoisotopic (exact) mass is 398 g/mol. The van der Waals surface area contributed by atoms with Gasteiger partial charge in [0, 0.05) is 12.0 Å². The lowest BCUT2D eigenvalue weighted by molar-refractivity contribution is -0.156. The number of rotatable bonds is 7. The van der Waals surface area contributed by atoms with E-state index in [1.807, 2.05) is 18.2 Å². The fourth-order valence-electron chi connectivity index (χ4n) is 2.56. The molecule has 0 aliphatic carbocycles. The highest BCUT2D eigenvalue weighted by Gasteiger charge is 2.22. The van der Waals surface area contributed by atoms with E-state index in [9.17, 15) is 9.59 Å². The molecule has 29 heavy (non-hydrogen) atoms. The van der Waals surface area contributed by atoms with E-state index in [1.165, 1.54) is 11.8 Å². The number of ether oxygens (including phenoxy) is 2. The molecule has 0 unspecified atom stereocenters. The maximum Gasteiger partial charge on any atom is 0.307 e. The van der Waals surface area contributed by atoms with E-state index < -0.39 is 17.5 Å². The van der Waals surface area contributed by atoms with Crippen LogP contribution in [0.3, 0.4) is 0 Å². The minimum atomic E-state index is -0.568. The van der Waals surface area contributed by atoms with Crippen LogP contribution in [0.2, 0.25) is 0 Å². The molecule has 0 spiro atoms. The molecule has 156 valence electrons. The molecule has 0 fully saturated rings. The second kappa shape index (κ2) is 9.54. The Balaban J connectivity index is 1.92. The highest BCUT2D eigenvalue weighted by molar-refractivity contribution is 5.94. The zero-order chi connectivity index (χ0) is 21.6. The average molecular weight is 399 g/mol. The number of hydrogen-bond donors (Lipinski definition) is 1. The number of pyridine rings is 1. The van der Waals surface area contributed by atoms with Crippen LogP contribution in [-0.4, -0.2) is 22.5 Å². The average Bonchev–Trinajstić information content (AvgIpc) is 2.61. The summed E-state index contributed by atoms with van der Waals surface area (Å²) in [5.41, 5.74) is 1.15. The van der Waals surface area contributed by atoms with Crippen LogP contribution < -0.4 is 10.1 Å². The van der Waals surface area contributed by atoms with E-state index in [2.05, 4.69) is 30.2 Å². The largest absolute Gasteiger partial charge is 0.460 e. The third-order valence-corrected chi connectivity index (χ3v) is 4.09. The molecule has 0 saturated carbocycles. The first kappa shape index (κ1) is 22.4. The summed E-state index contributed by atoms with van der Waals surface area (Å²) in [4.78, 5) is 28.4. The Morgan fingerprint density at radius 3 is 2.41 bits per heavy atom. The number of benzene rings is 1. The van der Waals surface area contributed by atoms with Crippen molar-refractivity contribution in [3.63, 3.8) is 0 Å². The topological polar surface area (TPSA) is 77.5 Å². The number of carbonyl (C=O) groups excluding carboxylic acids is 2. The van der Waals surface area contributed by atoms with Crippen molar-refractivity contribution in [1.82, 2.24) is 4.98 Å². The minimum absolute atomic E-state index is 0.0178. The number of carbonyl (C=O) groups is 2. The number of hydrogen-bond acceptors (Lipinski definition) is 5.